The van der Waals surface area contributed by atoms with Crippen molar-refractivity contribution in [3.63, 3.8) is 0 Å². The van der Waals surface area contributed by atoms with E-state index < -0.39 is 0 Å². The second kappa shape index (κ2) is 9.80. The first-order valence-corrected chi connectivity index (χ1v) is 13.6. The number of thiophene rings is 1. The van der Waals surface area contributed by atoms with Gasteiger partial charge in [0.1, 0.15) is 21.5 Å². The third-order valence-corrected chi connectivity index (χ3v) is 8.50. The first-order valence-electron chi connectivity index (χ1n) is 12.0. The number of hydrogen-bond acceptors (Lipinski definition) is 6. The molecule has 1 aliphatic rings. The number of aromatic nitrogens is 1. The largest absolute Gasteiger partial charge is 0.457 e. The van der Waals surface area contributed by atoms with Crippen LogP contribution in [0.5, 0.6) is 11.5 Å². The highest BCUT2D eigenvalue weighted by molar-refractivity contribution is 7.23. The molecule has 8 heteroatoms. The minimum absolute atomic E-state index is 0.0569. The molecule has 0 unspecified atom stereocenters. The normalized spacial score (nSPS) is 12.8. The lowest BCUT2D eigenvalue weighted by Crippen LogP contribution is -2.33. The van der Waals surface area contributed by atoms with Gasteiger partial charge in [0.25, 0.3) is 5.91 Å². The molecule has 0 atom stereocenters. The molecule has 0 bridgehead atoms. The summed E-state index contributed by atoms with van der Waals surface area (Å²) in [6.45, 7) is 2.80. The quantitative estimate of drug-likeness (QED) is 0.269. The fraction of sp³-hybridized carbons (Fsp3) is 0.138. The lowest BCUT2D eigenvalue weighted by molar-refractivity contribution is -0.129. The molecule has 6 nitrogen and oxygen atoms in total. The van der Waals surface area contributed by atoms with Crippen molar-refractivity contribution in [1.29, 1.82) is 0 Å². The molecule has 5 aromatic rings. The summed E-state index contributed by atoms with van der Waals surface area (Å²) >= 11 is 3.15. The van der Waals surface area contributed by atoms with Gasteiger partial charge in [-0.25, -0.2) is 4.98 Å². The molecule has 2 amide bonds. The number of fused-ring (bicyclic) bond motifs is 2. The van der Waals surface area contributed by atoms with Crippen LogP contribution in [0.25, 0.3) is 20.8 Å². The van der Waals surface area contributed by atoms with E-state index in [4.69, 9.17) is 9.72 Å². The van der Waals surface area contributed by atoms with Gasteiger partial charge in [-0.3, -0.25) is 9.59 Å². The average Bonchev–Trinajstić information content (AvgIpc) is 3.49. The van der Waals surface area contributed by atoms with Gasteiger partial charge in [0.15, 0.2) is 0 Å². The Hall–Kier alpha value is -4.01. The van der Waals surface area contributed by atoms with E-state index in [2.05, 4.69) is 11.4 Å². The van der Waals surface area contributed by atoms with E-state index in [-0.39, 0.29) is 11.8 Å². The van der Waals surface area contributed by atoms with Crippen LogP contribution in [0.3, 0.4) is 0 Å². The predicted molar refractivity (Wildman–Crippen MR) is 149 cm³/mol. The van der Waals surface area contributed by atoms with Crippen molar-refractivity contribution in [1.82, 2.24) is 9.88 Å². The van der Waals surface area contributed by atoms with Crippen LogP contribution in [-0.4, -0.2) is 28.2 Å². The fourth-order valence-electron chi connectivity index (χ4n) is 4.47. The van der Waals surface area contributed by atoms with Crippen molar-refractivity contribution in [3.8, 4) is 22.1 Å². The number of hydrogen-bond donors (Lipinski definition) is 1. The molecule has 2 aromatic heterocycles. The van der Waals surface area contributed by atoms with Crippen LogP contribution in [0.1, 0.15) is 27.7 Å². The van der Waals surface area contributed by atoms with Crippen molar-refractivity contribution in [2.75, 3.05) is 11.9 Å². The Labute approximate surface area is 222 Å². The van der Waals surface area contributed by atoms with Gasteiger partial charge < -0.3 is 15.0 Å². The number of benzene rings is 3. The number of ether oxygens (including phenoxy) is 1. The maximum absolute atomic E-state index is 13.4. The Morgan fingerprint density at radius 2 is 1.73 bits per heavy atom. The summed E-state index contributed by atoms with van der Waals surface area (Å²) in [5, 5.41) is 4.79. The summed E-state index contributed by atoms with van der Waals surface area (Å²) in [6, 6.07) is 24.7. The molecule has 6 rings (SSSR count). The van der Waals surface area contributed by atoms with Gasteiger partial charge in [0.05, 0.1) is 16.8 Å². The number of para-hydroxylation sites is 2. The number of carbonyl (C=O) groups is 2. The van der Waals surface area contributed by atoms with E-state index in [1.807, 2.05) is 65.6 Å². The first-order chi connectivity index (χ1) is 18.0. The summed E-state index contributed by atoms with van der Waals surface area (Å²) in [5.74, 6) is 1.14. The van der Waals surface area contributed by atoms with Gasteiger partial charge in [0.2, 0.25) is 5.91 Å². The van der Waals surface area contributed by atoms with Crippen LogP contribution in [0, 0.1) is 0 Å². The van der Waals surface area contributed by atoms with Gasteiger partial charge in [-0.05, 0) is 54.4 Å². The Balaban J connectivity index is 1.35. The summed E-state index contributed by atoms with van der Waals surface area (Å²) in [4.78, 5) is 33.3. The van der Waals surface area contributed by atoms with Crippen LogP contribution in [0.4, 0.5) is 5.00 Å². The highest BCUT2D eigenvalue weighted by Crippen LogP contribution is 2.45. The second-order valence-electron chi connectivity index (χ2n) is 8.78. The maximum Gasteiger partial charge on any atom is 0.256 e. The van der Waals surface area contributed by atoms with Gasteiger partial charge in [0, 0.05) is 29.5 Å². The van der Waals surface area contributed by atoms with Crippen LogP contribution >= 0.6 is 22.7 Å². The van der Waals surface area contributed by atoms with E-state index in [0.717, 1.165) is 42.7 Å². The zero-order chi connectivity index (χ0) is 25.4. The number of anilines is 1. The minimum Gasteiger partial charge on any atom is -0.457 e. The molecule has 0 aliphatic carbocycles. The van der Waals surface area contributed by atoms with Crippen molar-refractivity contribution in [2.24, 2.45) is 0 Å². The SMILES string of the molecule is CC(=O)N1CCc2c(sc(NC(=O)c3cccc(Oc4ccccc4)c3)c2-c2nc3ccccc3s2)C1. The van der Waals surface area contributed by atoms with E-state index >= 15 is 0 Å². The lowest BCUT2D eigenvalue weighted by Gasteiger charge is -2.26. The third kappa shape index (κ3) is 4.73. The smallest absolute Gasteiger partial charge is 0.256 e. The van der Waals surface area contributed by atoms with Crippen molar-refractivity contribution in [3.05, 3.63) is 94.9 Å². The number of carbonyl (C=O) groups excluding carboxylic acids is 2. The standard InChI is InChI=1S/C29H23N3O3S2/c1-18(33)32-15-14-22-25(17-32)37-29(26(22)28-30-23-12-5-6-13-24(23)36-28)31-27(34)19-8-7-11-21(16-19)35-20-9-3-2-4-10-20/h2-13,16H,14-15,17H2,1H3,(H,31,34). The molecule has 0 fully saturated rings. The van der Waals surface area contributed by atoms with Crippen LogP contribution < -0.4 is 10.1 Å². The van der Waals surface area contributed by atoms with E-state index in [1.54, 1.807) is 30.4 Å². The Morgan fingerprint density at radius 1 is 0.946 bits per heavy atom. The van der Waals surface area contributed by atoms with Gasteiger partial charge in [-0.1, -0.05) is 36.4 Å². The third-order valence-electron chi connectivity index (χ3n) is 6.31. The number of rotatable bonds is 5. The van der Waals surface area contributed by atoms with Crippen LogP contribution in [0.15, 0.2) is 78.9 Å². The topological polar surface area (TPSA) is 71.5 Å². The van der Waals surface area contributed by atoms with E-state index in [0.29, 0.717) is 30.2 Å². The van der Waals surface area contributed by atoms with Gasteiger partial charge in [-0.2, -0.15) is 0 Å². The van der Waals surface area contributed by atoms with Gasteiger partial charge >= 0.3 is 0 Å². The van der Waals surface area contributed by atoms with E-state index in [1.165, 1.54) is 11.3 Å². The molecule has 184 valence electrons. The summed E-state index contributed by atoms with van der Waals surface area (Å²) in [7, 11) is 0. The second-order valence-corrected chi connectivity index (χ2v) is 10.9. The van der Waals surface area contributed by atoms with Crippen molar-refractivity contribution < 1.29 is 14.3 Å². The minimum atomic E-state index is -0.220. The van der Waals surface area contributed by atoms with Gasteiger partial charge in [-0.15, -0.1) is 22.7 Å². The summed E-state index contributed by atoms with van der Waals surface area (Å²) in [5.41, 5.74) is 3.57. The van der Waals surface area contributed by atoms with Crippen LogP contribution in [0.2, 0.25) is 0 Å². The zero-order valence-corrected chi connectivity index (χ0v) is 21.7. The summed E-state index contributed by atoms with van der Waals surface area (Å²) < 4.78 is 7.02. The van der Waals surface area contributed by atoms with Crippen LogP contribution in [-0.2, 0) is 17.8 Å². The van der Waals surface area contributed by atoms with Crippen molar-refractivity contribution >= 4 is 49.7 Å². The first kappa shape index (κ1) is 23.4. The molecule has 0 spiro atoms. The monoisotopic (exact) mass is 525 g/mol. The maximum atomic E-state index is 13.4. The predicted octanol–water partition coefficient (Wildman–Crippen LogP) is 6.97. The highest BCUT2D eigenvalue weighted by Gasteiger charge is 2.28. The summed E-state index contributed by atoms with van der Waals surface area (Å²) in [6.07, 6.45) is 0.729. The Bertz CT molecular complexity index is 1590. The zero-order valence-electron chi connectivity index (χ0n) is 20.1. The number of thiazole rings is 1. The number of amides is 2. The molecular formula is C29H23N3O3S2. The molecule has 0 saturated heterocycles. The Morgan fingerprint density at radius 3 is 2.54 bits per heavy atom. The number of nitrogens with zero attached hydrogens (tertiary/aromatic N) is 2. The molecule has 1 aliphatic heterocycles. The fourth-order valence-corrected chi connectivity index (χ4v) is 6.84. The molecule has 37 heavy (non-hydrogen) atoms. The molecule has 0 radical (unpaired) electrons. The molecule has 1 N–H and O–H groups in total. The highest BCUT2D eigenvalue weighted by atomic mass is 32.1. The molecular weight excluding hydrogens is 502 g/mol. The molecule has 3 heterocycles. The average molecular weight is 526 g/mol. The Kier molecular flexibility index (Phi) is 6.20. The molecule has 0 saturated carbocycles. The molecule has 3 aromatic carbocycles. The lowest BCUT2D eigenvalue weighted by atomic mass is 10.0. The van der Waals surface area contributed by atoms with Crippen molar-refractivity contribution in [2.45, 2.75) is 19.9 Å². The van der Waals surface area contributed by atoms with E-state index in [9.17, 15) is 9.59 Å². The number of nitrogens with one attached hydrogen (secondary N) is 1.